The van der Waals surface area contributed by atoms with Gasteiger partial charge in [-0.2, -0.15) is 0 Å². The number of quaternary nitrogens is 1. The van der Waals surface area contributed by atoms with E-state index in [9.17, 15) is 0 Å². The third-order valence-electron chi connectivity index (χ3n) is 4.15. The predicted octanol–water partition coefficient (Wildman–Crippen LogP) is 3.09. The van der Waals surface area contributed by atoms with Gasteiger partial charge in [0.1, 0.15) is 0 Å². The Hall–Kier alpha value is -2.06. The third-order valence-corrected chi connectivity index (χ3v) is 4.15. The van der Waals surface area contributed by atoms with Crippen LogP contribution in [-0.2, 0) is 0 Å². The molecular formula is C20H25N2+. The second-order valence-electron chi connectivity index (χ2n) is 6.58. The van der Waals surface area contributed by atoms with Crippen molar-refractivity contribution < 1.29 is 4.90 Å². The summed E-state index contributed by atoms with van der Waals surface area (Å²) in [6.07, 6.45) is 4.46. The van der Waals surface area contributed by atoms with Gasteiger partial charge >= 0.3 is 0 Å². The minimum absolute atomic E-state index is 0.629. The minimum Gasteiger partial charge on any atom is -0.340 e. The summed E-state index contributed by atoms with van der Waals surface area (Å²) in [5.74, 6) is 0.629. The lowest BCUT2D eigenvalue weighted by Gasteiger charge is -2.30. The fourth-order valence-corrected chi connectivity index (χ4v) is 3.33. The summed E-state index contributed by atoms with van der Waals surface area (Å²) in [6, 6.07) is 17.4. The molecule has 1 N–H and O–H groups in total. The van der Waals surface area contributed by atoms with Crippen molar-refractivity contribution in [2.24, 2.45) is 5.92 Å². The van der Waals surface area contributed by atoms with E-state index in [1.807, 2.05) is 0 Å². The van der Waals surface area contributed by atoms with Gasteiger partial charge in [-0.15, -0.1) is 0 Å². The standard InChI is InChI=1S/C20H24N2/c1-16(14-21(2)3)15-22-19-10-6-4-8-17(19)12-13-18-9-5-7-11-20(18)22/h4-13,16H,14-15H2,1-3H3/p+1/t16-/m1/s1. The molecule has 0 radical (unpaired) electrons. The van der Waals surface area contributed by atoms with Crippen LogP contribution in [0.2, 0.25) is 0 Å². The van der Waals surface area contributed by atoms with Crippen molar-refractivity contribution in [3.8, 4) is 0 Å². The molecule has 1 aliphatic heterocycles. The van der Waals surface area contributed by atoms with Crippen LogP contribution in [0.4, 0.5) is 11.4 Å². The Kier molecular flexibility index (Phi) is 4.30. The predicted molar refractivity (Wildman–Crippen MR) is 95.7 cm³/mol. The quantitative estimate of drug-likeness (QED) is 0.910. The van der Waals surface area contributed by atoms with E-state index in [-0.39, 0.29) is 0 Å². The van der Waals surface area contributed by atoms with Crippen LogP contribution in [0, 0.1) is 5.92 Å². The van der Waals surface area contributed by atoms with Crippen molar-refractivity contribution in [3.63, 3.8) is 0 Å². The SMILES string of the molecule is C[C@@H](CN1c2ccccc2C=Cc2ccccc21)C[NH+](C)C. The van der Waals surface area contributed by atoms with E-state index in [1.165, 1.54) is 33.9 Å². The molecule has 0 aromatic heterocycles. The van der Waals surface area contributed by atoms with Gasteiger partial charge in [0.05, 0.1) is 20.6 Å². The summed E-state index contributed by atoms with van der Waals surface area (Å²) in [4.78, 5) is 3.99. The Balaban J connectivity index is 2.01. The number of rotatable bonds is 4. The molecule has 1 heterocycles. The highest BCUT2D eigenvalue weighted by Gasteiger charge is 2.20. The Morgan fingerprint density at radius 1 is 0.864 bits per heavy atom. The average Bonchev–Trinajstić information content (AvgIpc) is 2.65. The fraction of sp³-hybridized carbons (Fsp3) is 0.300. The first kappa shape index (κ1) is 14.9. The molecule has 1 aliphatic rings. The van der Waals surface area contributed by atoms with Gasteiger partial charge in [0.2, 0.25) is 0 Å². The number of anilines is 2. The molecule has 2 nitrogen and oxygen atoms in total. The molecule has 0 unspecified atom stereocenters. The van der Waals surface area contributed by atoms with Gasteiger partial charge in [0.15, 0.2) is 0 Å². The van der Waals surface area contributed by atoms with Crippen LogP contribution in [0.15, 0.2) is 48.5 Å². The van der Waals surface area contributed by atoms with E-state index in [4.69, 9.17) is 0 Å². The molecular weight excluding hydrogens is 268 g/mol. The molecule has 114 valence electrons. The number of hydrogen-bond donors (Lipinski definition) is 1. The zero-order valence-electron chi connectivity index (χ0n) is 13.7. The van der Waals surface area contributed by atoms with Crippen LogP contribution in [0.25, 0.3) is 12.2 Å². The van der Waals surface area contributed by atoms with Crippen molar-refractivity contribution in [1.29, 1.82) is 0 Å². The minimum atomic E-state index is 0.629. The molecule has 2 aromatic rings. The van der Waals surface area contributed by atoms with Crippen molar-refractivity contribution in [2.75, 3.05) is 32.1 Å². The number of nitrogens with zero attached hydrogens (tertiary/aromatic N) is 1. The first-order chi connectivity index (χ1) is 10.6. The Morgan fingerprint density at radius 2 is 1.36 bits per heavy atom. The van der Waals surface area contributed by atoms with E-state index in [0.29, 0.717) is 5.92 Å². The van der Waals surface area contributed by atoms with E-state index < -0.39 is 0 Å². The van der Waals surface area contributed by atoms with Crippen molar-refractivity contribution in [1.82, 2.24) is 0 Å². The summed E-state index contributed by atoms with van der Waals surface area (Å²) in [6.45, 7) is 4.56. The van der Waals surface area contributed by atoms with Crippen LogP contribution >= 0.6 is 0 Å². The van der Waals surface area contributed by atoms with E-state index in [1.54, 1.807) is 0 Å². The van der Waals surface area contributed by atoms with Gasteiger partial charge in [0, 0.05) is 23.8 Å². The maximum absolute atomic E-state index is 2.48. The van der Waals surface area contributed by atoms with Gasteiger partial charge in [-0.1, -0.05) is 55.5 Å². The maximum atomic E-state index is 2.48. The van der Waals surface area contributed by atoms with Crippen LogP contribution < -0.4 is 9.80 Å². The number of benzene rings is 2. The maximum Gasteiger partial charge on any atom is 0.0810 e. The molecule has 0 amide bonds. The smallest absolute Gasteiger partial charge is 0.0810 e. The van der Waals surface area contributed by atoms with Gasteiger partial charge in [-0.3, -0.25) is 0 Å². The molecule has 3 rings (SSSR count). The summed E-state index contributed by atoms with van der Waals surface area (Å²) in [7, 11) is 4.45. The lowest BCUT2D eigenvalue weighted by atomic mass is 10.1. The normalized spacial score (nSPS) is 14.5. The van der Waals surface area contributed by atoms with E-state index in [2.05, 4.69) is 86.6 Å². The Bertz CT molecular complexity index is 623. The third kappa shape index (κ3) is 3.07. The molecule has 0 bridgehead atoms. The number of nitrogens with one attached hydrogen (secondary N) is 1. The largest absolute Gasteiger partial charge is 0.340 e. The highest BCUT2D eigenvalue weighted by molar-refractivity contribution is 5.88. The van der Waals surface area contributed by atoms with Gasteiger partial charge in [-0.25, -0.2) is 0 Å². The molecule has 22 heavy (non-hydrogen) atoms. The van der Waals surface area contributed by atoms with Gasteiger partial charge < -0.3 is 9.80 Å². The van der Waals surface area contributed by atoms with E-state index >= 15 is 0 Å². The summed E-state index contributed by atoms with van der Waals surface area (Å²) < 4.78 is 0. The van der Waals surface area contributed by atoms with Crippen molar-refractivity contribution in [3.05, 3.63) is 59.7 Å². The number of fused-ring (bicyclic) bond motifs is 2. The molecule has 0 saturated heterocycles. The second kappa shape index (κ2) is 6.37. The van der Waals surface area contributed by atoms with Crippen LogP contribution in [0.3, 0.4) is 0 Å². The molecule has 0 spiro atoms. The van der Waals surface area contributed by atoms with Crippen molar-refractivity contribution >= 4 is 23.5 Å². The van der Waals surface area contributed by atoms with Crippen LogP contribution in [-0.4, -0.2) is 27.2 Å². The Labute approximate surface area is 133 Å². The van der Waals surface area contributed by atoms with Crippen molar-refractivity contribution in [2.45, 2.75) is 6.92 Å². The van der Waals surface area contributed by atoms with Gasteiger partial charge in [-0.05, 0) is 23.3 Å². The van der Waals surface area contributed by atoms with Crippen LogP contribution in [0.5, 0.6) is 0 Å². The molecule has 2 heteroatoms. The Morgan fingerprint density at radius 3 is 1.86 bits per heavy atom. The molecule has 0 saturated carbocycles. The highest BCUT2D eigenvalue weighted by Crippen LogP contribution is 2.36. The topological polar surface area (TPSA) is 7.68 Å². The zero-order chi connectivity index (χ0) is 15.5. The first-order valence-corrected chi connectivity index (χ1v) is 8.08. The summed E-state index contributed by atoms with van der Waals surface area (Å²) in [5, 5.41) is 0. The molecule has 1 atom stereocenters. The zero-order valence-corrected chi connectivity index (χ0v) is 13.7. The van der Waals surface area contributed by atoms with E-state index in [0.717, 1.165) is 6.54 Å². The summed E-state index contributed by atoms with van der Waals surface area (Å²) in [5.41, 5.74) is 5.21. The fourth-order valence-electron chi connectivity index (χ4n) is 3.33. The first-order valence-electron chi connectivity index (χ1n) is 8.08. The number of para-hydroxylation sites is 2. The highest BCUT2D eigenvalue weighted by atomic mass is 15.2. The number of hydrogen-bond acceptors (Lipinski definition) is 1. The van der Waals surface area contributed by atoms with Gasteiger partial charge in [0.25, 0.3) is 0 Å². The lowest BCUT2D eigenvalue weighted by Crippen LogP contribution is -3.06. The molecule has 0 fully saturated rings. The summed E-state index contributed by atoms with van der Waals surface area (Å²) >= 11 is 0. The monoisotopic (exact) mass is 293 g/mol. The average molecular weight is 293 g/mol. The lowest BCUT2D eigenvalue weighted by molar-refractivity contribution is -0.861. The molecule has 2 aromatic carbocycles. The second-order valence-corrected chi connectivity index (χ2v) is 6.58. The van der Waals surface area contributed by atoms with Crippen LogP contribution in [0.1, 0.15) is 18.1 Å². The molecule has 0 aliphatic carbocycles.